The number of amides is 1. The number of benzene rings is 1. The Balaban J connectivity index is 2.69. The quantitative estimate of drug-likeness (QED) is 0.495. The van der Waals surface area contributed by atoms with Crippen LogP contribution in [0, 0.1) is 0 Å². The molecule has 7 heteroatoms. The number of methoxy groups -OCH3 is 2. The number of carbonyl (C=O) groups is 3. The Morgan fingerprint density at radius 2 is 1.57 bits per heavy atom. The van der Waals surface area contributed by atoms with Crippen molar-refractivity contribution in [2.24, 2.45) is 0 Å². The summed E-state index contributed by atoms with van der Waals surface area (Å²) in [5.41, 5.74) is -1.19. The van der Waals surface area contributed by atoms with E-state index in [0.29, 0.717) is 0 Å². The van der Waals surface area contributed by atoms with Gasteiger partial charge in [0, 0.05) is 0 Å². The molecule has 0 saturated carbocycles. The Morgan fingerprint density at radius 3 is 2.05 bits per heavy atom. The molecule has 1 N–H and O–H groups in total. The van der Waals surface area contributed by atoms with Gasteiger partial charge in [0.05, 0.1) is 14.2 Å². The Morgan fingerprint density at radius 1 is 1.05 bits per heavy atom. The molecule has 0 aliphatic rings. The molecule has 7 nitrogen and oxygen atoms in total. The van der Waals surface area contributed by atoms with Crippen molar-refractivity contribution in [3.05, 3.63) is 35.9 Å². The zero-order chi connectivity index (χ0) is 15.9. The van der Waals surface area contributed by atoms with Crippen LogP contribution in [0.3, 0.4) is 0 Å². The van der Waals surface area contributed by atoms with Crippen LogP contribution in [0.25, 0.3) is 0 Å². The van der Waals surface area contributed by atoms with Gasteiger partial charge >= 0.3 is 18.0 Å². The van der Waals surface area contributed by atoms with E-state index in [9.17, 15) is 14.4 Å². The average molecular weight is 295 g/mol. The average Bonchev–Trinajstić information content (AvgIpc) is 2.52. The lowest BCUT2D eigenvalue weighted by Gasteiger charge is -2.24. The zero-order valence-electron chi connectivity index (χ0n) is 12.0. The Bertz CT molecular complexity index is 497. The summed E-state index contributed by atoms with van der Waals surface area (Å²) in [7, 11) is 2.20. The van der Waals surface area contributed by atoms with E-state index < -0.39 is 23.6 Å². The van der Waals surface area contributed by atoms with E-state index in [0.717, 1.165) is 19.8 Å². The molecule has 21 heavy (non-hydrogen) atoms. The van der Waals surface area contributed by atoms with Crippen molar-refractivity contribution in [1.82, 2.24) is 5.32 Å². The first-order valence-corrected chi connectivity index (χ1v) is 6.09. The highest BCUT2D eigenvalue weighted by molar-refractivity contribution is 6.06. The first kappa shape index (κ1) is 16.5. The summed E-state index contributed by atoms with van der Waals surface area (Å²) in [5, 5.41) is 2.15. The van der Waals surface area contributed by atoms with Crippen LogP contribution < -0.4 is 5.32 Å². The van der Waals surface area contributed by atoms with Crippen LogP contribution in [-0.4, -0.2) is 37.8 Å². The number of esters is 2. The maximum Gasteiger partial charge on any atom is 0.408 e. The van der Waals surface area contributed by atoms with E-state index in [1.807, 2.05) is 6.07 Å². The van der Waals surface area contributed by atoms with Crippen LogP contribution >= 0.6 is 0 Å². The second kappa shape index (κ2) is 7.28. The third-order valence-electron chi connectivity index (χ3n) is 2.75. The second-order valence-corrected chi connectivity index (χ2v) is 4.29. The zero-order valence-corrected chi connectivity index (χ0v) is 12.0. The van der Waals surface area contributed by atoms with E-state index in [1.165, 1.54) is 6.92 Å². The molecule has 1 rings (SSSR count). The Kier molecular flexibility index (Phi) is 5.71. The summed E-state index contributed by atoms with van der Waals surface area (Å²) >= 11 is 0. The van der Waals surface area contributed by atoms with Gasteiger partial charge in [-0.1, -0.05) is 30.3 Å². The number of nitrogens with one attached hydrogen (secondary N) is 1. The predicted molar refractivity (Wildman–Crippen MR) is 72.2 cm³/mol. The third kappa shape index (κ3) is 4.20. The van der Waals surface area contributed by atoms with Crippen LogP contribution in [-0.2, 0) is 30.4 Å². The molecule has 0 fully saturated rings. The number of hydrogen-bond acceptors (Lipinski definition) is 6. The first-order valence-electron chi connectivity index (χ1n) is 6.09. The summed E-state index contributed by atoms with van der Waals surface area (Å²) in [6, 6.07) is 8.96. The molecule has 0 bridgehead atoms. The first-order chi connectivity index (χ1) is 9.93. The van der Waals surface area contributed by atoms with Crippen molar-refractivity contribution < 1.29 is 28.6 Å². The molecule has 0 heterocycles. The van der Waals surface area contributed by atoms with Gasteiger partial charge in [-0.15, -0.1) is 0 Å². The molecule has 0 atom stereocenters. The molecule has 0 aromatic heterocycles. The second-order valence-electron chi connectivity index (χ2n) is 4.29. The molecule has 1 amide bonds. The lowest BCUT2D eigenvalue weighted by molar-refractivity contribution is -0.161. The fraction of sp³-hybridized carbons (Fsp3) is 0.357. The number of ether oxygens (including phenoxy) is 3. The molecule has 0 aliphatic carbocycles. The molecule has 0 saturated heterocycles. The summed E-state index contributed by atoms with van der Waals surface area (Å²) < 4.78 is 13.9. The maximum atomic E-state index is 11.7. The van der Waals surface area contributed by atoms with Gasteiger partial charge in [0.15, 0.2) is 0 Å². The minimum absolute atomic E-state index is 0.00506. The van der Waals surface area contributed by atoms with Gasteiger partial charge in [-0.3, -0.25) is 5.32 Å². The molecule has 0 spiro atoms. The topological polar surface area (TPSA) is 90.9 Å². The van der Waals surface area contributed by atoms with Crippen molar-refractivity contribution in [3.63, 3.8) is 0 Å². The van der Waals surface area contributed by atoms with Gasteiger partial charge < -0.3 is 14.2 Å². The molecule has 1 aromatic carbocycles. The van der Waals surface area contributed by atoms with Gasteiger partial charge in [-0.2, -0.15) is 0 Å². The van der Waals surface area contributed by atoms with E-state index in [-0.39, 0.29) is 6.61 Å². The molecular weight excluding hydrogens is 278 g/mol. The van der Waals surface area contributed by atoms with E-state index in [2.05, 4.69) is 14.8 Å². The van der Waals surface area contributed by atoms with E-state index >= 15 is 0 Å². The largest absolute Gasteiger partial charge is 0.467 e. The SMILES string of the molecule is COC(=O)C(C)(NC(=O)OCc1ccccc1)C(=O)OC. The van der Waals surface area contributed by atoms with Gasteiger partial charge in [-0.25, -0.2) is 14.4 Å². The minimum Gasteiger partial charge on any atom is -0.467 e. The Labute approximate surface area is 122 Å². The molecule has 0 radical (unpaired) electrons. The summed E-state index contributed by atoms with van der Waals surface area (Å²) in [4.78, 5) is 35.0. The molecule has 1 aromatic rings. The number of alkyl carbamates (subject to hydrolysis) is 1. The van der Waals surface area contributed by atoms with Gasteiger partial charge in [0.1, 0.15) is 6.61 Å². The van der Waals surface area contributed by atoms with Crippen molar-refractivity contribution >= 4 is 18.0 Å². The van der Waals surface area contributed by atoms with Crippen molar-refractivity contribution in [1.29, 1.82) is 0 Å². The predicted octanol–water partition coefficient (Wildman–Crippen LogP) is 1.02. The standard InChI is InChI=1S/C14H17NO6/c1-14(11(16)19-2,12(17)20-3)15-13(18)21-9-10-7-5-4-6-8-10/h4-8H,9H2,1-3H3,(H,15,18). The van der Waals surface area contributed by atoms with Crippen LogP contribution in [0.1, 0.15) is 12.5 Å². The highest BCUT2D eigenvalue weighted by Gasteiger charge is 2.45. The monoisotopic (exact) mass is 295 g/mol. The lowest BCUT2D eigenvalue weighted by Crippen LogP contribution is -2.59. The van der Waals surface area contributed by atoms with Crippen LogP contribution in [0.5, 0.6) is 0 Å². The van der Waals surface area contributed by atoms with Gasteiger partial charge in [0.25, 0.3) is 0 Å². The normalized spacial score (nSPS) is 10.4. The number of rotatable bonds is 5. The van der Waals surface area contributed by atoms with Gasteiger partial charge in [0.2, 0.25) is 5.54 Å². The van der Waals surface area contributed by atoms with Crippen molar-refractivity contribution in [3.8, 4) is 0 Å². The van der Waals surface area contributed by atoms with E-state index in [1.54, 1.807) is 24.3 Å². The molecular formula is C14H17NO6. The summed E-state index contributed by atoms with van der Waals surface area (Å²) in [6.07, 6.45) is -0.933. The van der Waals surface area contributed by atoms with Crippen LogP contribution in [0.2, 0.25) is 0 Å². The van der Waals surface area contributed by atoms with Gasteiger partial charge in [-0.05, 0) is 12.5 Å². The molecule has 0 unspecified atom stereocenters. The summed E-state index contributed by atoms with van der Waals surface area (Å²) in [5.74, 6) is -1.91. The van der Waals surface area contributed by atoms with Crippen molar-refractivity contribution in [2.45, 2.75) is 19.1 Å². The fourth-order valence-corrected chi connectivity index (χ4v) is 1.56. The highest BCUT2D eigenvalue weighted by Crippen LogP contribution is 2.10. The smallest absolute Gasteiger partial charge is 0.408 e. The summed E-state index contributed by atoms with van der Waals surface area (Å²) in [6.45, 7) is 1.18. The van der Waals surface area contributed by atoms with Crippen molar-refractivity contribution in [2.75, 3.05) is 14.2 Å². The minimum atomic E-state index is -1.96. The number of carbonyl (C=O) groups excluding carboxylic acids is 3. The van der Waals surface area contributed by atoms with E-state index in [4.69, 9.17) is 4.74 Å². The highest BCUT2D eigenvalue weighted by atomic mass is 16.6. The van der Waals surface area contributed by atoms with Crippen LogP contribution in [0.15, 0.2) is 30.3 Å². The Hall–Kier alpha value is -2.57. The third-order valence-corrected chi connectivity index (χ3v) is 2.75. The van der Waals surface area contributed by atoms with Crippen LogP contribution in [0.4, 0.5) is 4.79 Å². The lowest BCUT2D eigenvalue weighted by atomic mass is 10.0. The fourth-order valence-electron chi connectivity index (χ4n) is 1.56. The number of hydrogen-bond donors (Lipinski definition) is 1. The maximum absolute atomic E-state index is 11.7. The molecule has 0 aliphatic heterocycles. The molecule has 114 valence electrons.